The molecule has 0 aromatic carbocycles. The van der Waals surface area contributed by atoms with Crippen molar-refractivity contribution in [2.45, 2.75) is 32.0 Å². The summed E-state index contributed by atoms with van der Waals surface area (Å²) < 4.78 is 39.3. The Hall–Kier alpha value is -2.62. The number of carbonyl (C=O) groups excluding carboxylic acids is 2. The van der Waals surface area contributed by atoms with E-state index in [0.717, 1.165) is 6.07 Å². The Morgan fingerprint density at radius 2 is 1.93 bits per heavy atom. The van der Waals surface area contributed by atoms with Crippen LogP contribution in [0, 0.1) is 0 Å². The summed E-state index contributed by atoms with van der Waals surface area (Å²) >= 11 is 5.91. The molecule has 11 heteroatoms. The molecule has 1 saturated heterocycles. The topological polar surface area (TPSA) is 80.1 Å². The van der Waals surface area contributed by atoms with E-state index in [-0.39, 0.29) is 34.3 Å². The Bertz CT molecular complexity index is 891. The van der Waals surface area contributed by atoms with Crippen LogP contribution < -0.4 is 5.32 Å². The number of likely N-dealkylation sites (tertiary alicyclic amines) is 1. The highest BCUT2D eigenvalue weighted by Gasteiger charge is 2.32. The SMILES string of the molecule is CC(=O)NC1CCN(C(=O)c2cnn(-c3ncc(C(F)(F)F)cc3Cl)c2)CC1. The van der Waals surface area contributed by atoms with Crippen LogP contribution in [0.1, 0.15) is 35.7 Å². The number of hydrogen-bond acceptors (Lipinski definition) is 4. The standard InChI is InChI=1S/C17H17ClF3N5O2/c1-10(27)24-13-2-4-25(5-3-13)16(28)11-7-23-26(9-11)15-14(18)6-12(8-22-15)17(19,20)21/h6-9,13H,2-5H2,1H3,(H,24,27). The van der Waals surface area contributed by atoms with Crippen molar-refractivity contribution in [1.29, 1.82) is 0 Å². The second kappa shape index (κ2) is 7.78. The fourth-order valence-electron chi connectivity index (χ4n) is 3.00. The second-order valence-corrected chi connectivity index (χ2v) is 6.87. The van der Waals surface area contributed by atoms with E-state index < -0.39 is 11.7 Å². The highest BCUT2D eigenvalue weighted by Crippen LogP contribution is 2.31. The number of carbonyl (C=O) groups is 2. The average Bonchev–Trinajstić information content (AvgIpc) is 3.10. The van der Waals surface area contributed by atoms with Gasteiger partial charge in [0.15, 0.2) is 5.82 Å². The minimum Gasteiger partial charge on any atom is -0.353 e. The number of pyridine rings is 1. The maximum atomic E-state index is 12.7. The summed E-state index contributed by atoms with van der Waals surface area (Å²) in [5.41, 5.74) is -0.692. The van der Waals surface area contributed by atoms with Gasteiger partial charge in [-0.15, -0.1) is 0 Å². The van der Waals surface area contributed by atoms with Crippen LogP contribution in [0.5, 0.6) is 0 Å². The Morgan fingerprint density at radius 1 is 1.25 bits per heavy atom. The number of amides is 2. The summed E-state index contributed by atoms with van der Waals surface area (Å²) in [5, 5.41) is 6.60. The molecular weight excluding hydrogens is 399 g/mol. The third kappa shape index (κ3) is 4.44. The zero-order valence-electron chi connectivity index (χ0n) is 14.8. The lowest BCUT2D eigenvalue weighted by Crippen LogP contribution is -2.46. The first-order chi connectivity index (χ1) is 13.1. The van der Waals surface area contributed by atoms with Crippen LogP contribution in [-0.2, 0) is 11.0 Å². The van der Waals surface area contributed by atoms with E-state index in [0.29, 0.717) is 32.1 Å². The van der Waals surface area contributed by atoms with Crippen molar-refractivity contribution in [1.82, 2.24) is 25.0 Å². The van der Waals surface area contributed by atoms with Crippen molar-refractivity contribution in [3.05, 3.63) is 40.8 Å². The second-order valence-electron chi connectivity index (χ2n) is 6.47. The van der Waals surface area contributed by atoms with Crippen molar-refractivity contribution in [3.8, 4) is 5.82 Å². The van der Waals surface area contributed by atoms with Crippen molar-refractivity contribution in [2.24, 2.45) is 0 Å². The summed E-state index contributed by atoms with van der Waals surface area (Å²) in [5.74, 6) is -0.361. The highest BCUT2D eigenvalue weighted by molar-refractivity contribution is 6.32. The molecule has 0 unspecified atom stereocenters. The monoisotopic (exact) mass is 415 g/mol. The zero-order valence-corrected chi connectivity index (χ0v) is 15.6. The third-order valence-corrected chi connectivity index (χ3v) is 4.66. The first-order valence-corrected chi connectivity index (χ1v) is 8.87. The van der Waals surface area contributed by atoms with Gasteiger partial charge in [-0.05, 0) is 18.9 Å². The zero-order chi connectivity index (χ0) is 20.5. The normalized spacial score (nSPS) is 15.5. The molecule has 0 radical (unpaired) electrons. The smallest absolute Gasteiger partial charge is 0.353 e. The quantitative estimate of drug-likeness (QED) is 0.835. The van der Waals surface area contributed by atoms with Crippen molar-refractivity contribution < 1.29 is 22.8 Å². The summed E-state index contributed by atoms with van der Waals surface area (Å²) in [6, 6.07) is 0.805. The van der Waals surface area contributed by atoms with Gasteiger partial charge in [-0.1, -0.05) is 11.6 Å². The fourth-order valence-corrected chi connectivity index (χ4v) is 3.25. The first kappa shape index (κ1) is 20.1. The Labute approximate surface area is 163 Å². The molecule has 1 aliphatic heterocycles. The summed E-state index contributed by atoms with van der Waals surface area (Å²) in [4.78, 5) is 29.1. The van der Waals surface area contributed by atoms with E-state index in [4.69, 9.17) is 11.6 Å². The van der Waals surface area contributed by atoms with E-state index in [2.05, 4.69) is 15.4 Å². The Kier molecular flexibility index (Phi) is 5.59. The van der Waals surface area contributed by atoms with Gasteiger partial charge in [0.2, 0.25) is 5.91 Å². The van der Waals surface area contributed by atoms with Gasteiger partial charge in [-0.2, -0.15) is 18.3 Å². The molecule has 0 saturated carbocycles. The van der Waals surface area contributed by atoms with Crippen molar-refractivity contribution in [3.63, 3.8) is 0 Å². The van der Waals surface area contributed by atoms with Crippen LogP contribution >= 0.6 is 11.6 Å². The van der Waals surface area contributed by atoms with Crippen LogP contribution in [0.2, 0.25) is 5.02 Å². The van der Waals surface area contributed by atoms with Gasteiger partial charge in [-0.3, -0.25) is 9.59 Å². The number of hydrogen-bond donors (Lipinski definition) is 1. The van der Waals surface area contributed by atoms with Crippen LogP contribution in [0.25, 0.3) is 5.82 Å². The number of halogens is 4. The predicted molar refractivity (Wildman–Crippen MR) is 94.1 cm³/mol. The van der Waals surface area contributed by atoms with Crippen LogP contribution in [0.3, 0.4) is 0 Å². The number of piperidine rings is 1. The van der Waals surface area contributed by atoms with E-state index in [1.807, 2.05) is 0 Å². The molecule has 2 amide bonds. The number of rotatable bonds is 3. The number of alkyl halides is 3. The molecule has 3 rings (SSSR count). The highest BCUT2D eigenvalue weighted by atomic mass is 35.5. The van der Waals surface area contributed by atoms with Gasteiger partial charge in [0.05, 0.1) is 22.3 Å². The maximum absolute atomic E-state index is 12.7. The predicted octanol–water partition coefficient (Wildman–Crippen LogP) is 2.68. The van der Waals surface area contributed by atoms with E-state index in [9.17, 15) is 22.8 Å². The largest absolute Gasteiger partial charge is 0.417 e. The first-order valence-electron chi connectivity index (χ1n) is 8.49. The molecule has 150 valence electrons. The van der Waals surface area contributed by atoms with Crippen LogP contribution in [-0.4, -0.2) is 50.6 Å². The number of nitrogens with zero attached hydrogens (tertiary/aromatic N) is 4. The van der Waals surface area contributed by atoms with Gasteiger partial charge in [-0.25, -0.2) is 9.67 Å². The van der Waals surface area contributed by atoms with Gasteiger partial charge >= 0.3 is 6.18 Å². The van der Waals surface area contributed by atoms with Gasteiger partial charge < -0.3 is 10.2 Å². The number of aromatic nitrogens is 3. The molecule has 2 aromatic rings. The van der Waals surface area contributed by atoms with Crippen molar-refractivity contribution >= 4 is 23.4 Å². The lowest BCUT2D eigenvalue weighted by atomic mass is 10.0. The fraction of sp³-hybridized carbons (Fsp3) is 0.412. The molecule has 0 spiro atoms. The molecule has 1 N–H and O–H groups in total. The summed E-state index contributed by atoms with van der Waals surface area (Å²) in [6.45, 7) is 2.41. The molecule has 7 nitrogen and oxygen atoms in total. The van der Waals surface area contributed by atoms with Crippen LogP contribution in [0.4, 0.5) is 13.2 Å². The molecule has 0 bridgehead atoms. The van der Waals surface area contributed by atoms with Crippen LogP contribution in [0.15, 0.2) is 24.7 Å². The minimum absolute atomic E-state index is 0.00177. The van der Waals surface area contributed by atoms with E-state index in [1.165, 1.54) is 24.0 Å². The minimum atomic E-state index is -4.55. The maximum Gasteiger partial charge on any atom is 0.417 e. The van der Waals surface area contributed by atoms with Crippen molar-refractivity contribution in [2.75, 3.05) is 13.1 Å². The van der Waals surface area contributed by atoms with Gasteiger partial charge in [0, 0.05) is 38.4 Å². The Balaban J connectivity index is 1.71. The van der Waals surface area contributed by atoms with E-state index in [1.54, 1.807) is 4.90 Å². The van der Waals surface area contributed by atoms with E-state index >= 15 is 0 Å². The average molecular weight is 416 g/mol. The molecule has 0 atom stereocenters. The molecule has 3 heterocycles. The third-order valence-electron chi connectivity index (χ3n) is 4.39. The molecule has 2 aromatic heterocycles. The number of nitrogens with one attached hydrogen (secondary N) is 1. The lowest BCUT2D eigenvalue weighted by Gasteiger charge is -2.31. The lowest BCUT2D eigenvalue weighted by molar-refractivity contribution is -0.137. The summed E-state index contributed by atoms with van der Waals surface area (Å²) in [6.07, 6.45) is 0.0973. The Morgan fingerprint density at radius 3 is 2.50 bits per heavy atom. The van der Waals surface area contributed by atoms with Gasteiger partial charge in [0.25, 0.3) is 5.91 Å². The molecule has 1 fully saturated rings. The van der Waals surface area contributed by atoms with Gasteiger partial charge in [0.1, 0.15) is 0 Å². The molecular formula is C17H17ClF3N5O2. The molecule has 1 aliphatic rings. The molecule has 28 heavy (non-hydrogen) atoms. The molecule has 0 aliphatic carbocycles. The summed E-state index contributed by atoms with van der Waals surface area (Å²) in [7, 11) is 0.